The van der Waals surface area contributed by atoms with Gasteiger partial charge in [-0.05, 0) is 30.2 Å². The number of nitrogens with two attached hydrogens (primary N) is 1. The number of hydrogen-bond donors (Lipinski definition) is 3. The Bertz CT molecular complexity index is 533. The van der Waals surface area contributed by atoms with Crippen LogP contribution in [0, 0.1) is 0 Å². The van der Waals surface area contributed by atoms with Crippen LogP contribution in [0.2, 0.25) is 0 Å². The summed E-state index contributed by atoms with van der Waals surface area (Å²) in [5, 5.41) is 19.5. The topological polar surface area (TPSA) is 66.5 Å². The summed E-state index contributed by atoms with van der Waals surface area (Å²) in [5.41, 5.74) is 7.16. The fourth-order valence-corrected chi connectivity index (χ4v) is 2.89. The van der Waals surface area contributed by atoms with Gasteiger partial charge in [0.05, 0.1) is 6.10 Å². The maximum atomic E-state index is 10.1. The Morgan fingerprint density at radius 2 is 1.80 bits per heavy atom. The van der Waals surface area contributed by atoms with Gasteiger partial charge in [0, 0.05) is 16.7 Å². The predicted octanol–water partition coefficient (Wildman–Crippen LogP) is 2.42. The number of phenolic OH excluding ortho intramolecular Hbond substituents is 1. The third-order valence-corrected chi connectivity index (χ3v) is 4.14. The lowest BCUT2D eigenvalue weighted by Crippen LogP contribution is -2.38. The second-order valence-electron chi connectivity index (χ2n) is 4.73. The zero-order valence-corrected chi connectivity index (χ0v) is 12.0. The van der Waals surface area contributed by atoms with Crippen molar-refractivity contribution < 1.29 is 10.2 Å². The van der Waals surface area contributed by atoms with Gasteiger partial charge >= 0.3 is 0 Å². The standard InChI is InChI=1S/C16H19NO2S/c17-15(9-12-5-2-1-3-6-12)16(19)11-20-14-8-4-7-13(18)10-14/h1-8,10,15-16,18-19H,9,11,17H2. The van der Waals surface area contributed by atoms with Crippen molar-refractivity contribution in [1.29, 1.82) is 0 Å². The molecule has 0 aliphatic carbocycles. The molecule has 0 aliphatic rings. The highest BCUT2D eigenvalue weighted by molar-refractivity contribution is 7.99. The van der Waals surface area contributed by atoms with E-state index in [0.717, 1.165) is 10.5 Å². The molecule has 0 bridgehead atoms. The first kappa shape index (κ1) is 14.9. The molecule has 4 N–H and O–H groups in total. The van der Waals surface area contributed by atoms with Crippen LogP contribution in [-0.4, -0.2) is 28.1 Å². The second-order valence-corrected chi connectivity index (χ2v) is 5.82. The Labute approximate surface area is 123 Å². The van der Waals surface area contributed by atoms with Gasteiger partial charge in [0.25, 0.3) is 0 Å². The molecule has 2 rings (SSSR count). The molecule has 0 aliphatic heterocycles. The number of aliphatic hydroxyl groups excluding tert-OH is 1. The van der Waals surface area contributed by atoms with Crippen LogP contribution in [0.3, 0.4) is 0 Å². The predicted molar refractivity (Wildman–Crippen MR) is 83.0 cm³/mol. The highest BCUT2D eigenvalue weighted by Crippen LogP contribution is 2.23. The van der Waals surface area contributed by atoms with Crippen LogP contribution in [0.5, 0.6) is 5.75 Å². The Hall–Kier alpha value is -1.49. The largest absolute Gasteiger partial charge is 0.508 e. The van der Waals surface area contributed by atoms with Crippen LogP contribution in [0.15, 0.2) is 59.5 Å². The molecule has 2 aromatic carbocycles. The van der Waals surface area contributed by atoms with Gasteiger partial charge in [0.1, 0.15) is 5.75 Å². The monoisotopic (exact) mass is 289 g/mol. The van der Waals surface area contributed by atoms with Crippen LogP contribution in [0.4, 0.5) is 0 Å². The first-order valence-corrected chi connectivity index (χ1v) is 7.53. The summed E-state index contributed by atoms with van der Waals surface area (Å²) in [6.07, 6.45) is 0.0744. The highest BCUT2D eigenvalue weighted by Gasteiger charge is 2.15. The van der Waals surface area contributed by atoms with Crippen molar-refractivity contribution in [2.75, 3.05) is 5.75 Å². The van der Waals surface area contributed by atoms with Crippen molar-refractivity contribution in [3.63, 3.8) is 0 Å². The van der Waals surface area contributed by atoms with E-state index in [-0.39, 0.29) is 11.8 Å². The van der Waals surface area contributed by atoms with Crippen LogP contribution in [-0.2, 0) is 6.42 Å². The van der Waals surface area contributed by atoms with Crippen molar-refractivity contribution in [1.82, 2.24) is 0 Å². The number of hydrogen-bond acceptors (Lipinski definition) is 4. The van der Waals surface area contributed by atoms with Crippen molar-refractivity contribution in [3.05, 3.63) is 60.2 Å². The van der Waals surface area contributed by atoms with Gasteiger partial charge in [0.15, 0.2) is 0 Å². The quantitative estimate of drug-likeness (QED) is 0.715. The maximum Gasteiger partial charge on any atom is 0.116 e. The zero-order valence-electron chi connectivity index (χ0n) is 11.1. The number of phenols is 1. The summed E-state index contributed by atoms with van der Waals surface area (Å²) in [4.78, 5) is 0.927. The molecule has 0 aromatic heterocycles. The number of thioether (sulfide) groups is 1. The summed E-state index contributed by atoms with van der Waals surface area (Å²) in [5.74, 6) is 0.746. The van der Waals surface area contributed by atoms with Gasteiger partial charge in [-0.1, -0.05) is 36.4 Å². The SMILES string of the molecule is NC(Cc1ccccc1)C(O)CSc1cccc(O)c1. The van der Waals surface area contributed by atoms with Gasteiger partial charge in [-0.25, -0.2) is 0 Å². The van der Waals surface area contributed by atoms with E-state index in [1.807, 2.05) is 36.4 Å². The molecule has 2 aromatic rings. The molecule has 4 heteroatoms. The van der Waals surface area contributed by atoms with E-state index >= 15 is 0 Å². The summed E-state index contributed by atoms with van der Waals surface area (Å²) >= 11 is 1.49. The van der Waals surface area contributed by atoms with E-state index < -0.39 is 6.10 Å². The molecule has 0 radical (unpaired) electrons. The fourth-order valence-electron chi connectivity index (χ4n) is 1.90. The molecule has 0 spiro atoms. The van der Waals surface area contributed by atoms with Crippen molar-refractivity contribution in [2.45, 2.75) is 23.5 Å². The van der Waals surface area contributed by atoms with Crippen molar-refractivity contribution >= 4 is 11.8 Å². The van der Waals surface area contributed by atoms with Crippen molar-refractivity contribution in [2.24, 2.45) is 5.73 Å². The summed E-state index contributed by atoms with van der Waals surface area (Å²) in [6.45, 7) is 0. The van der Waals surface area contributed by atoms with Crippen LogP contribution >= 0.6 is 11.8 Å². The molecule has 0 heterocycles. The van der Waals surface area contributed by atoms with Gasteiger partial charge in [-0.2, -0.15) is 0 Å². The van der Waals surface area contributed by atoms with Crippen LogP contribution < -0.4 is 5.73 Å². The molecule has 0 fully saturated rings. The highest BCUT2D eigenvalue weighted by atomic mass is 32.2. The molecule has 106 valence electrons. The van der Waals surface area contributed by atoms with Gasteiger partial charge in [-0.3, -0.25) is 0 Å². The average molecular weight is 289 g/mol. The Morgan fingerprint density at radius 3 is 2.50 bits per heavy atom. The Kier molecular flexibility index (Phi) is 5.47. The maximum absolute atomic E-state index is 10.1. The van der Waals surface area contributed by atoms with Crippen molar-refractivity contribution in [3.8, 4) is 5.75 Å². The first-order valence-electron chi connectivity index (χ1n) is 6.54. The lowest BCUT2D eigenvalue weighted by molar-refractivity contribution is 0.167. The molecular formula is C16H19NO2S. The first-order chi connectivity index (χ1) is 9.65. The smallest absolute Gasteiger partial charge is 0.116 e. The lowest BCUT2D eigenvalue weighted by Gasteiger charge is -2.18. The van der Waals surface area contributed by atoms with Gasteiger partial charge < -0.3 is 15.9 Å². The molecule has 2 atom stereocenters. The average Bonchev–Trinajstić information content (AvgIpc) is 2.46. The molecule has 0 amide bonds. The molecule has 20 heavy (non-hydrogen) atoms. The van der Waals surface area contributed by atoms with E-state index in [1.54, 1.807) is 18.2 Å². The molecular weight excluding hydrogens is 270 g/mol. The molecule has 2 unspecified atom stereocenters. The van der Waals surface area contributed by atoms with E-state index in [2.05, 4.69) is 0 Å². The molecule has 3 nitrogen and oxygen atoms in total. The number of rotatable bonds is 6. The minimum atomic E-state index is -0.581. The summed E-state index contributed by atoms with van der Waals surface area (Å²) in [7, 11) is 0. The minimum Gasteiger partial charge on any atom is -0.508 e. The third-order valence-electron chi connectivity index (χ3n) is 3.05. The molecule has 0 saturated carbocycles. The summed E-state index contributed by atoms with van der Waals surface area (Å²) in [6, 6.07) is 16.6. The number of aromatic hydroxyl groups is 1. The third kappa shape index (κ3) is 4.56. The van der Waals surface area contributed by atoms with Gasteiger partial charge in [0.2, 0.25) is 0 Å². The van der Waals surface area contributed by atoms with E-state index in [4.69, 9.17) is 5.73 Å². The Morgan fingerprint density at radius 1 is 1.05 bits per heavy atom. The summed E-state index contributed by atoms with van der Waals surface area (Å²) < 4.78 is 0. The van der Waals surface area contributed by atoms with E-state index in [1.165, 1.54) is 11.8 Å². The lowest BCUT2D eigenvalue weighted by atomic mass is 10.0. The Balaban J connectivity index is 1.83. The second kappa shape index (κ2) is 7.33. The normalized spacial score (nSPS) is 13.9. The number of aliphatic hydroxyl groups is 1. The van der Waals surface area contributed by atoms with Crippen LogP contribution in [0.1, 0.15) is 5.56 Å². The fraction of sp³-hybridized carbons (Fsp3) is 0.250. The molecule has 0 saturated heterocycles. The van der Waals surface area contributed by atoms with E-state index in [0.29, 0.717) is 12.2 Å². The zero-order chi connectivity index (χ0) is 14.4. The number of benzene rings is 2. The van der Waals surface area contributed by atoms with E-state index in [9.17, 15) is 10.2 Å². The van der Waals surface area contributed by atoms with Gasteiger partial charge in [-0.15, -0.1) is 11.8 Å². The van der Waals surface area contributed by atoms with Crippen LogP contribution in [0.25, 0.3) is 0 Å². The minimum absolute atomic E-state index is 0.234.